The second-order valence-electron chi connectivity index (χ2n) is 3.54. The molecule has 2 aromatic rings. The van der Waals surface area contributed by atoms with E-state index in [9.17, 15) is 4.79 Å². The third kappa shape index (κ3) is 1.58. The molecule has 0 aromatic carbocycles. The third-order valence-electron chi connectivity index (χ3n) is 2.23. The topological polar surface area (TPSA) is 81.2 Å². The van der Waals surface area contributed by atoms with E-state index in [0.29, 0.717) is 17.1 Å². The zero-order valence-electron chi connectivity index (χ0n) is 9.18. The van der Waals surface area contributed by atoms with Gasteiger partial charge in [0.2, 0.25) is 11.7 Å². The molecule has 0 radical (unpaired) electrons. The highest BCUT2D eigenvalue weighted by Gasteiger charge is 2.19. The molecule has 84 valence electrons. The number of aromatic carboxylic acids is 1. The second kappa shape index (κ2) is 3.48. The summed E-state index contributed by atoms with van der Waals surface area (Å²) in [6, 6.07) is 0. The molecule has 0 aliphatic carbocycles. The highest BCUT2D eigenvalue weighted by molar-refractivity contribution is 5.86. The Kier molecular flexibility index (Phi) is 2.26. The molecule has 16 heavy (non-hydrogen) atoms. The highest BCUT2D eigenvalue weighted by Crippen LogP contribution is 2.23. The summed E-state index contributed by atoms with van der Waals surface area (Å²) in [4.78, 5) is 14.9. The summed E-state index contributed by atoms with van der Waals surface area (Å²) >= 11 is 0. The fourth-order valence-corrected chi connectivity index (χ4v) is 1.52. The van der Waals surface area contributed by atoms with E-state index in [-0.39, 0.29) is 5.76 Å². The lowest BCUT2D eigenvalue weighted by Crippen LogP contribution is -1.95. The number of oxazole rings is 1. The molecule has 2 rings (SSSR count). The predicted octanol–water partition coefficient (Wildman–Crippen LogP) is 1.39. The number of hydrogen-bond acceptors (Lipinski definition) is 4. The van der Waals surface area contributed by atoms with Crippen LogP contribution in [-0.4, -0.2) is 25.8 Å². The number of carboxylic acids is 1. The maximum Gasteiger partial charge on any atom is 0.373 e. The van der Waals surface area contributed by atoms with Crippen molar-refractivity contribution in [2.75, 3.05) is 0 Å². The molecule has 0 spiro atoms. The first-order valence-electron chi connectivity index (χ1n) is 4.70. The average molecular weight is 221 g/mol. The molecule has 0 fully saturated rings. The molecule has 6 heteroatoms. The Morgan fingerprint density at radius 1 is 1.44 bits per heavy atom. The SMILES string of the molecule is Cc1nn(C)cc1-c1nc(C)c(C(=O)O)o1. The number of carboxylic acid groups (broad SMARTS) is 1. The van der Waals surface area contributed by atoms with Crippen LogP contribution in [0.15, 0.2) is 10.6 Å². The van der Waals surface area contributed by atoms with Crippen LogP contribution in [0.3, 0.4) is 0 Å². The van der Waals surface area contributed by atoms with Crippen molar-refractivity contribution in [3.8, 4) is 11.5 Å². The minimum absolute atomic E-state index is 0.127. The van der Waals surface area contributed by atoms with E-state index in [1.165, 1.54) is 0 Å². The minimum Gasteiger partial charge on any atom is -0.475 e. The Hall–Kier alpha value is -2.11. The average Bonchev–Trinajstić information content (AvgIpc) is 2.69. The molecule has 0 atom stereocenters. The first-order chi connectivity index (χ1) is 7.49. The van der Waals surface area contributed by atoms with Crippen LogP contribution in [0.1, 0.15) is 21.9 Å². The van der Waals surface area contributed by atoms with Gasteiger partial charge in [-0.1, -0.05) is 0 Å². The number of aromatic nitrogens is 3. The Morgan fingerprint density at radius 2 is 2.12 bits per heavy atom. The Labute approximate surface area is 91.5 Å². The van der Waals surface area contributed by atoms with E-state index in [1.807, 2.05) is 6.92 Å². The molecule has 0 bridgehead atoms. The van der Waals surface area contributed by atoms with E-state index in [2.05, 4.69) is 10.1 Å². The lowest BCUT2D eigenvalue weighted by atomic mass is 10.3. The lowest BCUT2D eigenvalue weighted by molar-refractivity contribution is 0.0662. The summed E-state index contributed by atoms with van der Waals surface area (Å²) in [6.07, 6.45) is 1.74. The van der Waals surface area contributed by atoms with Crippen LogP contribution in [0.25, 0.3) is 11.5 Å². The molecular weight excluding hydrogens is 210 g/mol. The van der Waals surface area contributed by atoms with Gasteiger partial charge in [0.05, 0.1) is 17.0 Å². The Balaban J connectivity index is 2.53. The van der Waals surface area contributed by atoms with Crippen molar-refractivity contribution in [3.05, 3.63) is 23.3 Å². The summed E-state index contributed by atoms with van der Waals surface area (Å²) in [5.74, 6) is -0.948. The molecule has 0 aliphatic rings. The van der Waals surface area contributed by atoms with Crippen LogP contribution in [0.5, 0.6) is 0 Å². The standard InChI is InChI=1S/C10H11N3O3/c1-5-7(4-13(3)12-5)9-11-6(2)8(16-9)10(14)15/h4H,1-3H3,(H,14,15). The van der Waals surface area contributed by atoms with E-state index < -0.39 is 5.97 Å². The van der Waals surface area contributed by atoms with Crippen LogP contribution < -0.4 is 0 Å². The fraction of sp³-hybridized carbons (Fsp3) is 0.300. The first-order valence-corrected chi connectivity index (χ1v) is 4.70. The zero-order valence-corrected chi connectivity index (χ0v) is 9.18. The van der Waals surface area contributed by atoms with E-state index in [4.69, 9.17) is 9.52 Å². The number of hydrogen-bond donors (Lipinski definition) is 1. The van der Waals surface area contributed by atoms with E-state index in [1.54, 1.807) is 24.9 Å². The Morgan fingerprint density at radius 3 is 2.56 bits per heavy atom. The molecule has 0 amide bonds. The molecule has 6 nitrogen and oxygen atoms in total. The number of carbonyl (C=O) groups is 1. The molecule has 1 N–H and O–H groups in total. The lowest BCUT2D eigenvalue weighted by Gasteiger charge is -1.89. The summed E-state index contributed by atoms with van der Waals surface area (Å²) in [6.45, 7) is 3.41. The number of rotatable bonds is 2. The van der Waals surface area contributed by atoms with Crippen molar-refractivity contribution in [3.63, 3.8) is 0 Å². The molecule has 2 heterocycles. The van der Waals surface area contributed by atoms with Crippen molar-refractivity contribution < 1.29 is 14.3 Å². The number of nitrogens with zero attached hydrogens (tertiary/aromatic N) is 3. The molecule has 0 saturated carbocycles. The van der Waals surface area contributed by atoms with Gasteiger partial charge in [0.15, 0.2) is 0 Å². The van der Waals surface area contributed by atoms with Crippen LogP contribution in [-0.2, 0) is 7.05 Å². The molecule has 0 aliphatic heterocycles. The van der Waals surface area contributed by atoms with Crippen molar-refractivity contribution >= 4 is 5.97 Å². The van der Waals surface area contributed by atoms with Crippen LogP contribution >= 0.6 is 0 Å². The predicted molar refractivity (Wildman–Crippen MR) is 55.1 cm³/mol. The van der Waals surface area contributed by atoms with E-state index >= 15 is 0 Å². The van der Waals surface area contributed by atoms with Crippen molar-refractivity contribution in [1.29, 1.82) is 0 Å². The van der Waals surface area contributed by atoms with Crippen LogP contribution in [0, 0.1) is 13.8 Å². The van der Waals surface area contributed by atoms with E-state index in [0.717, 1.165) is 5.69 Å². The van der Waals surface area contributed by atoms with Gasteiger partial charge in [-0.25, -0.2) is 9.78 Å². The molecule has 2 aromatic heterocycles. The quantitative estimate of drug-likeness (QED) is 0.828. The molecule has 0 unspecified atom stereocenters. The highest BCUT2D eigenvalue weighted by atomic mass is 16.4. The summed E-state index contributed by atoms with van der Waals surface area (Å²) in [5, 5.41) is 13.0. The van der Waals surface area contributed by atoms with Gasteiger partial charge >= 0.3 is 5.97 Å². The number of aryl methyl sites for hydroxylation is 3. The van der Waals surface area contributed by atoms with Crippen molar-refractivity contribution in [1.82, 2.24) is 14.8 Å². The zero-order chi connectivity index (χ0) is 11.9. The van der Waals surface area contributed by atoms with Crippen molar-refractivity contribution in [2.45, 2.75) is 13.8 Å². The third-order valence-corrected chi connectivity index (χ3v) is 2.23. The Bertz CT molecular complexity index is 554. The van der Waals surface area contributed by atoms with Gasteiger partial charge in [-0.3, -0.25) is 4.68 Å². The van der Waals surface area contributed by atoms with Crippen molar-refractivity contribution in [2.24, 2.45) is 7.05 Å². The molecule has 0 saturated heterocycles. The van der Waals surface area contributed by atoms with Gasteiger partial charge < -0.3 is 9.52 Å². The monoisotopic (exact) mass is 221 g/mol. The normalized spacial score (nSPS) is 10.7. The summed E-state index contributed by atoms with van der Waals surface area (Å²) in [5.41, 5.74) is 1.82. The first kappa shape index (κ1) is 10.4. The van der Waals surface area contributed by atoms with Gasteiger partial charge in [-0.2, -0.15) is 5.10 Å². The maximum absolute atomic E-state index is 10.8. The largest absolute Gasteiger partial charge is 0.475 e. The van der Waals surface area contributed by atoms with Gasteiger partial charge in [0, 0.05) is 13.2 Å². The fourth-order valence-electron chi connectivity index (χ4n) is 1.52. The molecular formula is C10H11N3O3. The van der Waals surface area contributed by atoms with Gasteiger partial charge in [0.1, 0.15) is 0 Å². The smallest absolute Gasteiger partial charge is 0.373 e. The van der Waals surface area contributed by atoms with Crippen LogP contribution in [0.4, 0.5) is 0 Å². The minimum atomic E-state index is -1.11. The maximum atomic E-state index is 10.8. The van der Waals surface area contributed by atoms with Crippen LogP contribution in [0.2, 0.25) is 0 Å². The summed E-state index contributed by atoms with van der Waals surface area (Å²) < 4.78 is 6.82. The second-order valence-corrected chi connectivity index (χ2v) is 3.54. The van der Waals surface area contributed by atoms with Gasteiger partial charge in [-0.15, -0.1) is 0 Å². The van der Waals surface area contributed by atoms with Gasteiger partial charge in [-0.05, 0) is 13.8 Å². The summed E-state index contributed by atoms with van der Waals surface area (Å²) in [7, 11) is 1.78. The van der Waals surface area contributed by atoms with Gasteiger partial charge in [0.25, 0.3) is 0 Å².